The largest absolute Gasteiger partial charge is 0.508 e. The van der Waals surface area contributed by atoms with Gasteiger partial charge in [0.1, 0.15) is 28.6 Å². The molecule has 0 spiro atoms. The molecule has 0 radical (unpaired) electrons. The van der Waals surface area contributed by atoms with Crippen LogP contribution in [0.4, 0.5) is 19.0 Å². The van der Waals surface area contributed by atoms with E-state index >= 15 is 4.39 Å². The number of aromatic hydroxyl groups is 1. The molecule has 240 valence electrons. The average Bonchev–Trinajstić information content (AvgIpc) is 3.40. The minimum atomic E-state index is -0.772. The van der Waals surface area contributed by atoms with E-state index in [1.807, 2.05) is 6.92 Å². The van der Waals surface area contributed by atoms with E-state index in [-0.39, 0.29) is 64.1 Å². The van der Waals surface area contributed by atoms with Gasteiger partial charge in [-0.1, -0.05) is 25.8 Å². The smallest absolute Gasteiger partial charge is 0.319 e. The van der Waals surface area contributed by atoms with Crippen molar-refractivity contribution >= 4 is 27.5 Å². The van der Waals surface area contributed by atoms with Crippen LogP contribution in [0.1, 0.15) is 38.7 Å². The SMILES string of the molecule is C#Cc1c(F)ccc2cc(O)cc(-c3ncc4c(N5C[C@H]6CC[C@@H](C5)N6)nc(OC[C@]5(C)CN(CC)CC[C@H]5CF)nc4c3F)c12. The molecule has 2 N–H and O–H groups in total. The number of anilines is 1. The highest BCUT2D eigenvalue weighted by Crippen LogP contribution is 2.40. The monoisotopic (exact) mass is 630 g/mol. The first kappa shape index (κ1) is 30.5. The Labute approximate surface area is 266 Å². The molecule has 3 fully saturated rings. The number of phenolic OH excluding ortho intramolecular Hbond substituents is 1. The fraction of sp³-hybridized carbons (Fsp3) is 0.457. The zero-order valence-corrected chi connectivity index (χ0v) is 26.0. The summed E-state index contributed by atoms with van der Waals surface area (Å²) < 4.78 is 52.1. The fourth-order valence-corrected chi connectivity index (χ4v) is 7.57. The number of hydrogen-bond donors (Lipinski definition) is 2. The third-order valence-corrected chi connectivity index (χ3v) is 10.1. The van der Waals surface area contributed by atoms with Crippen LogP contribution < -0.4 is 15.0 Å². The number of alkyl halides is 1. The van der Waals surface area contributed by atoms with Crippen LogP contribution in [-0.2, 0) is 0 Å². The number of terminal acetylenes is 1. The second-order valence-corrected chi connectivity index (χ2v) is 13.2. The Kier molecular flexibility index (Phi) is 7.89. The topological polar surface area (TPSA) is 86.6 Å². The first-order chi connectivity index (χ1) is 22.2. The predicted molar refractivity (Wildman–Crippen MR) is 172 cm³/mol. The molecule has 4 aromatic rings. The number of benzene rings is 2. The standard InChI is InChI=1S/C35H37F3N6O2/c1-4-25-28(37)9-6-20-12-24(45)13-26(29(20)25)31-30(38)32-27(15-39-31)33(44-16-22-7-8-23(17-44)40-22)42-34(41-32)46-19-35(3)18-43(5-2)11-10-21(35)14-36/h1,6,9,12-13,15,21-23,40,45H,5,7-8,10-11,14,16-19H2,2-3H3/t21-,22-,23+,35-/m0/s1. The first-order valence-electron chi connectivity index (χ1n) is 15.9. The van der Waals surface area contributed by atoms with Crippen LogP contribution in [0.25, 0.3) is 32.9 Å². The molecule has 46 heavy (non-hydrogen) atoms. The highest BCUT2D eigenvalue weighted by Gasteiger charge is 2.41. The van der Waals surface area contributed by atoms with E-state index in [9.17, 15) is 13.9 Å². The minimum absolute atomic E-state index is 0.00647. The van der Waals surface area contributed by atoms with Gasteiger partial charge in [0.2, 0.25) is 0 Å². The molecule has 11 heteroatoms. The van der Waals surface area contributed by atoms with Crippen molar-refractivity contribution in [2.24, 2.45) is 11.3 Å². The molecule has 4 atom stereocenters. The number of pyridine rings is 1. The Morgan fingerprint density at radius 2 is 1.93 bits per heavy atom. The summed E-state index contributed by atoms with van der Waals surface area (Å²) in [6.07, 6.45) is 10.0. The van der Waals surface area contributed by atoms with Crippen LogP contribution in [0.2, 0.25) is 0 Å². The van der Waals surface area contributed by atoms with Gasteiger partial charge in [-0.3, -0.25) is 9.37 Å². The van der Waals surface area contributed by atoms with Gasteiger partial charge in [-0.05, 0) is 61.9 Å². The summed E-state index contributed by atoms with van der Waals surface area (Å²) in [5.41, 5.74) is -0.557. The van der Waals surface area contributed by atoms with Crippen LogP contribution in [0.15, 0.2) is 30.5 Å². The maximum absolute atomic E-state index is 16.8. The summed E-state index contributed by atoms with van der Waals surface area (Å²) in [6, 6.07) is 6.03. The van der Waals surface area contributed by atoms with Crippen LogP contribution in [0, 0.1) is 35.3 Å². The summed E-state index contributed by atoms with van der Waals surface area (Å²) in [5.74, 6) is 1.14. The molecule has 8 nitrogen and oxygen atoms in total. The Balaban J connectivity index is 1.36. The number of phenols is 1. The lowest BCUT2D eigenvalue weighted by Gasteiger charge is -2.44. The summed E-state index contributed by atoms with van der Waals surface area (Å²) >= 11 is 0. The third-order valence-electron chi connectivity index (χ3n) is 10.1. The van der Waals surface area contributed by atoms with Crippen LogP contribution in [0.5, 0.6) is 11.8 Å². The summed E-state index contributed by atoms with van der Waals surface area (Å²) in [7, 11) is 0. The van der Waals surface area contributed by atoms with Gasteiger partial charge in [-0.25, -0.2) is 8.78 Å². The van der Waals surface area contributed by atoms with Crippen molar-refractivity contribution in [2.75, 3.05) is 50.9 Å². The van der Waals surface area contributed by atoms with Gasteiger partial charge >= 0.3 is 6.01 Å². The van der Waals surface area contributed by atoms with E-state index in [0.29, 0.717) is 36.2 Å². The number of piperidine rings is 1. The number of nitrogens with zero attached hydrogens (tertiary/aromatic N) is 5. The van der Waals surface area contributed by atoms with E-state index in [0.717, 1.165) is 32.4 Å². The molecule has 2 aromatic heterocycles. The molecule has 0 saturated carbocycles. The van der Waals surface area contributed by atoms with E-state index in [1.165, 1.54) is 30.5 Å². The molecule has 2 aromatic carbocycles. The summed E-state index contributed by atoms with van der Waals surface area (Å²) in [5, 5.41) is 15.3. The molecule has 2 bridgehead atoms. The lowest BCUT2D eigenvalue weighted by Crippen LogP contribution is -2.51. The fourth-order valence-electron chi connectivity index (χ4n) is 7.57. The molecule has 3 aliphatic heterocycles. The van der Waals surface area contributed by atoms with Gasteiger partial charge in [0.15, 0.2) is 5.82 Å². The quantitative estimate of drug-likeness (QED) is 0.261. The van der Waals surface area contributed by atoms with Crippen LogP contribution in [0.3, 0.4) is 0 Å². The number of piperazine rings is 1. The molecule has 0 amide bonds. The Bertz CT molecular complexity index is 1850. The number of hydrogen-bond acceptors (Lipinski definition) is 8. The Morgan fingerprint density at radius 1 is 1.15 bits per heavy atom. The lowest BCUT2D eigenvalue weighted by atomic mass is 9.73. The van der Waals surface area contributed by atoms with Gasteiger partial charge < -0.3 is 25.0 Å². The zero-order valence-electron chi connectivity index (χ0n) is 26.0. The minimum Gasteiger partial charge on any atom is -0.508 e. The number of ether oxygens (including phenoxy) is 1. The lowest BCUT2D eigenvalue weighted by molar-refractivity contribution is -0.00718. The van der Waals surface area contributed by atoms with Gasteiger partial charge in [-0.2, -0.15) is 9.97 Å². The van der Waals surface area contributed by atoms with Crippen molar-refractivity contribution in [3.05, 3.63) is 47.7 Å². The Hall–Kier alpha value is -4.14. The first-order valence-corrected chi connectivity index (χ1v) is 15.9. The second-order valence-electron chi connectivity index (χ2n) is 13.2. The van der Waals surface area contributed by atoms with E-state index in [2.05, 4.69) is 37.9 Å². The summed E-state index contributed by atoms with van der Waals surface area (Å²) in [6.45, 7) is 7.53. The molecule has 3 saturated heterocycles. The molecule has 3 aliphatic rings. The number of aromatic nitrogens is 3. The maximum Gasteiger partial charge on any atom is 0.319 e. The number of fused-ring (bicyclic) bond motifs is 4. The van der Waals surface area contributed by atoms with Gasteiger partial charge in [0, 0.05) is 54.3 Å². The van der Waals surface area contributed by atoms with Crippen molar-refractivity contribution in [3.8, 4) is 35.4 Å². The van der Waals surface area contributed by atoms with Gasteiger partial charge in [0.05, 0.1) is 24.2 Å². The van der Waals surface area contributed by atoms with Crippen molar-refractivity contribution in [1.82, 2.24) is 25.2 Å². The molecule has 0 aliphatic carbocycles. The number of nitrogens with one attached hydrogen (secondary N) is 1. The normalized spacial score (nSPS) is 24.9. The van der Waals surface area contributed by atoms with Gasteiger partial charge in [-0.15, -0.1) is 6.42 Å². The molecule has 0 unspecified atom stereocenters. The van der Waals surface area contributed by atoms with E-state index < -0.39 is 23.7 Å². The third kappa shape index (κ3) is 5.27. The van der Waals surface area contributed by atoms with Crippen molar-refractivity contribution < 1.29 is 23.0 Å². The molecule has 5 heterocycles. The van der Waals surface area contributed by atoms with Crippen molar-refractivity contribution in [3.63, 3.8) is 0 Å². The van der Waals surface area contributed by atoms with Crippen molar-refractivity contribution in [2.45, 2.75) is 45.2 Å². The van der Waals surface area contributed by atoms with Crippen LogP contribution >= 0.6 is 0 Å². The van der Waals surface area contributed by atoms with Crippen LogP contribution in [-0.4, -0.2) is 83.0 Å². The van der Waals surface area contributed by atoms with Crippen molar-refractivity contribution in [1.29, 1.82) is 0 Å². The van der Waals surface area contributed by atoms with E-state index in [4.69, 9.17) is 16.1 Å². The second kappa shape index (κ2) is 11.9. The highest BCUT2D eigenvalue weighted by molar-refractivity contribution is 6.03. The summed E-state index contributed by atoms with van der Waals surface area (Å²) in [4.78, 5) is 18.3. The number of rotatable bonds is 7. The Morgan fingerprint density at radius 3 is 2.65 bits per heavy atom. The number of likely N-dealkylation sites (tertiary alicyclic amines) is 1. The molecule has 7 rings (SSSR count). The van der Waals surface area contributed by atoms with E-state index in [1.54, 1.807) is 0 Å². The molecular formula is C35H37F3N6O2. The predicted octanol–water partition coefficient (Wildman–Crippen LogP) is 5.45. The maximum atomic E-state index is 16.8. The molecular weight excluding hydrogens is 593 g/mol. The zero-order chi connectivity index (χ0) is 32.2. The van der Waals surface area contributed by atoms with Gasteiger partial charge in [0.25, 0.3) is 0 Å². The highest BCUT2D eigenvalue weighted by atomic mass is 19.1. The average molecular weight is 631 g/mol. The number of halogens is 3.